The summed E-state index contributed by atoms with van der Waals surface area (Å²) >= 11 is 12.8. The first-order valence-corrected chi connectivity index (χ1v) is 11.8. The van der Waals surface area contributed by atoms with Crippen LogP contribution in [0.1, 0.15) is 17.5 Å². The van der Waals surface area contributed by atoms with Crippen molar-refractivity contribution in [3.8, 4) is 16.9 Å². The third-order valence-electron chi connectivity index (χ3n) is 5.54. The summed E-state index contributed by atoms with van der Waals surface area (Å²) in [7, 11) is 1.59. The fourth-order valence-electron chi connectivity index (χ4n) is 3.90. The number of pyridine rings is 1. The molecule has 0 radical (unpaired) electrons. The maximum absolute atomic E-state index is 13.0. The van der Waals surface area contributed by atoms with E-state index >= 15 is 0 Å². The Morgan fingerprint density at radius 3 is 2.66 bits per heavy atom. The molecule has 3 aromatic carbocycles. The van der Waals surface area contributed by atoms with Crippen LogP contribution in [0.4, 0.5) is 0 Å². The number of methoxy groups -OCH3 is 1. The molecule has 4 rings (SSSR count). The molecule has 1 N–H and O–H groups in total. The number of aromatic nitrogens is 1. The monoisotopic (exact) mass is 507 g/mol. The van der Waals surface area contributed by atoms with E-state index in [1.165, 1.54) is 6.08 Å². The van der Waals surface area contributed by atoms with Gasteiger partial charge in [0.15, 0.2) is 0 Å². The normalized spacial score (nSPS) is 11.2. The molecule has 0 aliphatic carbocycles. The van der Waals surface area contributed by atoms with Crippen molar-refractivity contribution in [2.45, 2.75) is 12.8 Å². The number of carbonyl (C=O) groups excluding carboxylic acids is 1. The quantitative estimate of drug-likeness (QED) is 0.163. The Balaban J connectivity index is 1.51. The van der Waals surface area contributed by atoms with Gasteiger partial charge in [0.1, 0.15) is 5.75 Å². The summed E-state index contributed by atoms with van der Waals surface area (Å²) in [5, 5.41) is 1.90. The molecular weight excluding hydrogens is 485 g/mol. The maximum atomic E-state index is 13.0. The van der Waals surface area contributed by atoms with Crippen LogP contribution < -0.4 is 10.3 Å². The van der Waals surface area contributed by atoms with Crippen molar-refractivity contribution in [1.29, 1.82) is 0 Å². The van der Waals surface area contributed by atoms with E-state index in [-0.39, 0.29) is 12.2 Å². The average Bonchev–Trinajstić information content (AvgIpc) is 2.86. The molecular formula is C28H23Cl2NO4. The number of hydrogen-bond donors (Lipinski definition) is 1. The number of fused-ring (bicyclic) bond motifs is 1. The number of carbonyl (C=O) groups is 1. The first-order valence-electron chi connectivity index (χ1n) is 11.0. The van der Waals surface area contributed by atoms with E-state index in [1.54, 1.807) is 31.4 Å². The second-order valence-electron chi connectivity index (χ2n) is 7.86. The molecule has 0 unspecified atom stereocenters. The summed E-state index contributed by atoms with van der Waals surface area (Å²) in [5.41, 5.74) is 3.34. The van der Waals surface area contributed by atoms with Gasteiger partial charge in [-0.15, -0.1) is 0 Å². The van der Waals surface area contributed by atoms with Crippen molar-refractivity contribution < 1.29 is 14.3 Å². The van der Waals surface area contributed by atoms with Gasteiger partial charge >= 0.3 is 5.97 Å². The molecule has 5 nitrogen and oxygen atoms in total. The van der Waals surface area contributed by atoms with E-state index in [2.05, 4.69) is 4.98 Å². The molecule has 178 valence electrons. The van der Waals surface area contributed by atoms with Crippen molar-refractivity contribution in [2.24, 2.45) is 0 Å². The van der Waals surface area contributed by atoms with Crippen molar-refractivity contribution in [3.63, 3.8) is 0 Å². The van der Waals surface area contributed by atoms with E-state index in [0.29, 0.717) is 39.7 Å². The Morgan fingerprint density at radius 2 is 1.86 bits per heavy atom. The largest absolute Gasteiger partial charge is 0.497 e. The van der Waals surface area contributed by atoms with Gasteiger partial charge in [-0.05, 0) is 60.9 Å². The second kappa shape index (κ2) is 11.3. The minimum atomic E-state index is -0.460. The third kappa shape index (κ3) is 5.94. The zero-order valence-electron chi connectivity index (χ0n) is 19.0. The molecule has 0 bridgehead atoms. The highest BCUT2D eigenvalue weighted by Crippen LogP contribution is 2.35. The van der Waals surface area contributed by atoms with E-state index in [9.17, 15) is 9.59 Å². The van der Waals surface area contributed by atoms with Gasteiger partial charge in [-0.1, -0.05) is 53.5 Å². The van der Waals surface area contributed by atoms with Crippen LogP contribution in [0.5, 0.6) is 5.75 Å². The summed E-state index contributed by atoms with van der Waals surface area (Å²) in [6.45, 7) is 0.163. The summed E-state index contributed by atoms with van der Waals surface area (Å²) in [6, 6.07) is 20.1. The van der Waals surface area contributed by atoms with Crippen LogP contribution in [-0.4, -0.2) is 24.7 Å². The van der Waals surface area contributed by atoms with Gasteiger partial charge in [0.2, 0.25) is 0 Å². The van der Waals surface area contributed by atoms with Crippen LogP contribution in [0.3, 0.4) is 0 Å². The highest BCUT2D eigenvalue weighted by atomic mass is 35.5. The van der Waals surface area contributed by atoms with Gasteiger partial charge in [0, 0.05) is 43.7 Å². The number of ether oxygens (including phenoxy) is 2. The predicted molar refractivity (Wildman–Crippen MR) is 141 cm³/mol. The third-order valence-corrected chi connectivity index (χ3v) is 6.10. The zero-order chi connectivity index (χ0) is 24.8. The summed E-state index contributed by atoms with van der Waals surface area (Å²) in [6.07, 6.45) is 3.89. The number of hydrogen-bond acceptors (Lipinski definition) is 4. The smallest absolute Gasteiger partial charge is 0.330 e. The molecule has 0 amide bonds. The number of benzene rings is 3. The molecule has 1 aromatic heterocycles. The molecule has 1 heterocycles. The van der Waals surface area contributed by atoms with Gasteiger partial charge in [0.25, 0.3) is 5.56 Å². The predicted octanol–water partition coefficient (Wildman–Crippen LogP) is 6.70. The molecule has 0 aliphatic heterocycles. The van der Waals surface area contributed by atoms with Crippen LogP contribution in [0.2, 0.25) is 10.0 Å². The number of esters is 1. The van der Waals surface area contributed by atoms with Gasteiger partial charge in [-0.25, -0.2) is 4.79 Å². The Hall–Kier alpha value is -3.54. The Kier molecular flexibility index (Phi) is 7.91. The fraction of sp³-hybridized carbons (Fsp3) is 0.143. The molecule has 0 aliphatic rings. The molecule has 4 aromatic rings. The lowest BCUT2D eigenvalue weighted by Gasteiger charge is -2.14. The highest BCUT2D eigenvalue weighted by molar-refractivity contribution is 6.34. The SMILES string of the molecule is COc1cccc(/C=C/C(=O)OCCCc2c(-c3ccccc3Cl)c3cc(Cl)ccc3[nH]c2=O)c1. The topological polar surface area (TPSA) is 68.4 Å². The number of rotatable bonds is 8. The standard InChI is InChI=1S/C28H23Cl2NO4/c1-34-20-7-4-6-18(16-20)11-14-26(32)35-15-5-9-22-27(21-8-2-3-10-24(21)30)23-17-19(29)12-13-25(23)31-28(22)33/h2-4,6-8,10-14,16-17H,5,9,15H2,1H3,(H,31,33)/b14-11+. The Labute approximate surface area is 212 Å². The summed E-state index contributed by atoms with van der Waals surface area (Å²) < 4.78 is 10.5. The van der Waals surface area contributed by atoms with Gasteiger partial charge in [-0.2, -0.15) is 0 Å². The second-order valence-corrected chi connectivity index (χ2v) is 8.70. The zero-order valence-corrected chi connectivity index (χ0v) is 20.5. The minimum Gasteiger partial charge on any atom is -0.497 e. The molecule has 0 saturated heterocycles. The van der Waals surface area contributed by atoms with Crippen LogP contribution in [-0.2, 0) is 16.0 Å². The lowest BCUT2D eigenvalue weighted by molar-refractivity contribution is -0.137. The summed E-state index contributed by atoms with van der Waals surface area (Å²) in [4.78, 5) is 28.1. The van der Waals surface area contributed by atoms with Crippen molar-refractivity contribution in [3.05, 3.63) is 104 Å². The number of nitrogens with one attached hydrogen (secondary N) is 1. The molecule has 0 atom stereocenters. The van der Waals surface area contributed by atoms with Gasteiger partial charge in [0.05, 0.1) is 13.7 Å². The van der Waals surface area contributed by atoms with Crippen molar-refractivity contribution in [2.75, 3.05) is 13.7 Å². The molecule has 0 fully saturated rings. The van der Waals surface area contributed by atoms with Crippen molar-refractivity contribution in [1.82, 2.24) is 4.98 Å². The van der Waals surface area contributed by atoms with Crippen LogP contribution in [0.15, 0.2) is 77.6 Å². The van der Waals surface area contributed by atoms with E-state index < -0.39 is 5.97 Å². The minimum absolute atomic E-state index is 0.163. The first kappa shape index (κ1) is 24.6. The van der Waals surface area contributed by atoms with Crippen LogP contribution >= 0.6 is 23.2 Å². The van der Waals surface area contributed by atoms with Gasteiger partial charge in [-0.3, -0.25) is 4.79 Å². The first-order chi connectivity index (χ1) is 17.0. The summed E-state index contributed by atoms with van der Waals surface area (Å²) in [5.74, 6) is 0.245. The number of aromatic amines is 1. The van der Waals surface area contributed by atoms with Crippen LogP contribution in [0.25, 0.3) is 28.1 Å². The molecule has 7 heteroatoms. The highest BCUT2D eigenvalue weighted by Gasteiger charge is 2.17. The van der Waals surface area contributed by atoms with Gasteiger partial charge < -0.3 is 14.5 Å². The van der Waals surface area contributed by atoms with E-state index in [0.717, 1.165) is 22.1 Å². The maximum Gasteiger partial charge on any atom is 0.330 e. The number of halogens is 2. The number of H-pyrrole nitrogens is 1. The lowest BCUT2D eigenvalue weighted by atomic mass is 9.94. The molecule has 35 heavy (non-hydrogen) atoms. The van der Waals surface area contributed by atoms with E-state index in [4.69, 9.17) is 32.7 Å². The lowest BCUT2D eigenvalue weighted by Crippen LogP contribution is -2.16. The fourth-order valence-corrected chi connectivity index (χ4v) is 4.30. The van der Waals surface area contributed by atoms with E-state index in [1.807, 2.05) is 48.5 Å². The molecule has 0 spiro atoms. The Bertz CT molecular complexity index is 1460. The van der Waals surface area contributed by atoms with Crippen LogP contribution in [0, 0.1) is 0 Å². The Morgan fingerprint density at radius 1 is 1.03 bits per heavy atom. The molecule has 0 saturated carbocycles. The average molecular weight is 508 g/mol. The van der Waals surface area contributed by atoms with Crippen molar-refractivity contribution >= 4 is 46.2 Å².